The number of hydrogen-bond donors (Lipinski definition) is 0. The van der Waals surface area contributed by atoms with Crippen molar-refractivity contribution in [2.75, 3.05) is 18.0 Å². The topological polar surface area (TPSA) is 76.4 Å². The molecule has 1 saturated carbocycles. The molecule has 180 valence electrons. The molecule has 3 aromatic rings. The minimum Gasteiger partial charge on any atom is -0.444 e. The van der Waals surface area contributed by atoms with Crippen molar-refractivity contribution in [3.8, 4) is 5.82 Å². The van der Waals surface area contributed by atoms with Crippen LogP contribution in [0.3, 0.4) is 0 Å². The molecule has 2 atom stereocenters. The van der Waals surface area contributed by atoms with E-state index in [1.54, 1.807) is 6.33 Å². The van der Waals surface area contributed by atoms with Gasteiger partial charge in [0, 0.05) is 41.1 Å². The molecule has 2 fully saturated rings. The second kappa shape index (κ2) is 8.66. The van der Waals surface area contributed by atoms with Gasteiger partial charge in [0.25, 0.3) is 0 Å². The second-order valence-corrected chi connectivity index (χ2v) is 11.7. The number of halogens is 1. The highest BCUT2D eigenvalue weighted by molar-refractivity contribution is 14.1. The number of rotatable bonds is 3. The summed E-state index contributed by atoms with van der Waals surface area (Å²) in [4.78, 5) is 31.1. The summed E-state index contributed by atoms with van der Waals surface area (Å²) in [5, 5.41) is 1.11. The standard InChI is InChI=1S/C25H31IN6O2/c1-15-12-31(24(33)34-25(3,4)5)16(2)11-30(15)22-21-19(17-6-7-17)13-32(23(21)29-14-28-22)20-10-18(26)8-9-27-20/h8-10,13-17H,6-7,11-12H2,1-5H3/t15?,16-/m0/s1. The first-order valence-corrected chi connectivity index (χ1v) is 12.9. The smallest absolute Gasteiger partial charge is 0.410 e. The fourth-order valence-electron chi connectivity index (χ4n) is 4.69. The summed E-state index contributed by atoms with van der Waals surface area (Å²) < 4.78 is 8.89. The van der Waals surface area contributed by atoms with Crippen molar-refractivity contribution < 1.29 is 9.53 Å². The number of fused-ring (bicyclic) bond motifs is 1. The van der Waals surface area contributed by atoms with Gasteiger partial charge in [-0.15, -0.1) is 0 Å². The molecule has 1 amide bonds. The lowest BCUT2D eigenvalue weighted by Gasteiger charge is -2.44. The molecule has 0 N–H and O–H groups in total. The van der Waals surface area contributed by atoms with Gasteiger partial charge in [0.1, 0.15) is 23.6 Å². The van der Waals surface area contributed by atoms with E-state index in [0.29, 0.717) is 19.0 Å². The van der Waals surface area contributed by atoms with Crippen LogP contribution < -0.4 is 4.90 Å². The highest BCUT2D eigenvalue weighted by Crippen LogP contribution is 2.46. The molecule has 8 nitrogen and oxygen atoms in total. The molecule has 0 radical (unpaired) electrons. The van der Waals surface area contributed by atoms with Gasteiger partial charge in [0.05, 0.1) is 5.39 Å². The monoisotopic (exact) mass is 574 g/mol. The van der Waals surface area contributed by atoms with Gasteiger partial charge in [0.2, 0.25) is 0 Å². The fourth-order valence-corrected chi connectivity index (χ4v) is 5.13. The van der Waals surface area contributed by atoms with Crippen LogP contribution in [-0.2, 0) is 4.74 Å². The summed E-state index contributed by atoms with van der Waals surface area (Å²) in [5.74, 6) is 2.34. The van der Waals surface area contributed by atoms with Crippen LogP contribution in [0.4, 0.5) is 10.6 Å². The molecule has 0 spiro atoms. The molecule has 5 rings (SSSR count). The number of amides is 1. The summed E-state index contributed by atoms with van der Waals surface area (Å²) in [6.45, 7) is 11.2. The minimum absolute atomic E-state index is 0.0000976. The summed E-state index contributed by atoms with van der Waals surface area (Å²) in [7, 11) is 0. The molecule has 0 bridgehead atoms. The third kappa shape index (κ3) is 4.46. The Morgan fingerprint density at radius 2 is 1.88 bits per heavy atom. The van der Waals surface area contributed by atoms with E-state index < -0.39 is 5.60 Å². The average Bonchev–Trinajstić information content (AvgIpc) is 3.53. The molecule has 2 aliphatic rings. The number of carbonyl (C=O) groups excluding carboxylic acids is 1. The van der Waals surface area contributed by atoms with Crippen LogP contribution in [0.5, 0.6) is 0 Å². The highest BCUT2D eigenvalue weighted by atomic mass is 127. The third-order valence-corrected chi connectivity index (χ3v) is 7.12. The van der Waals surface area contributed by atoms with Crippen LogP contribution in [0.1, 0.15) is 58.9 Å². The van der Waals surface area contributed by atoms with Gasteiger partial charge >= 0.3 is 6.09 Å². The first kappa shape index (κ1) is 23.3. The molecule has 1 saturated heterocycles. The molecule has 1 aliphatic heterocycles. The van der Waals surface area contributed by atoms with Crippen molar-refractivity contribution in [1.82, 2.24) is 24.4 Å². The van der Waals surface area contributed by atoms with Gasteiger partial charge in [-0.2, -0.15) is 0 Å². The minimum atomic E-state index is -0.513. The van der Waals surface area contributed by atoms with Crippen LogP contribution in [0.25, 0.3) is 16.9 Å². The van der Waals surface area contributed by atoms with E-state index >= 15 is 0 Å². The molecular weight excluding hydrogens is 543 g/mol. The number of anilines is 1. The van der Waals surface area contributed by atoms with Crippen molar-refractivity contribution >= 4 is 45.5 Å². The molecule has 34 heavy (non-hydrogen) atoms. The van der Waals surface area contributed by atoms with Crippen molar-refractivity contribution in [2.45, 2.75) is 71.1 Å². The molecule has 1 unspecified atom stereocenters. The van der Waals surface area contributed by atoms with Gasteiger partial charge in [-0.25, -0.2) is 19.7 Å². The first-order chi connectivity index (χ1) is 16.1. The molecule has 3 aromatic heterocycles. The number of pyridine rings is 1. The number of nitrogens with zero attached hydrogens (tertiary/aromatic N) is 6. The van der Waals surface area contributed by atoms with Gasteiger partial charge < -0.3 is 14.5 Å². The SMILES string of the molecule is CC1CN(C(=O)OC(C)(C)C)[C@@H](C)CN1c1ncnc2c1c(C1CC1)cn2-c1cc(I)ccn1. The third-order valence-electron chi connectivity index (χ3n) is 6.45. The van der Waals surface area contributed by atoms with Gasteiger partial charge in [0.15, 0.2) is 5.65 Å². The Labute approximate surface area is 213 Å². The van der Waals surface area contributed by atoms with Crippen LogP contribution in [0.15, 0.2) is 30.9 Å². The largest absolute Gasteiger partial charge is 0.444 e. The summed E-state index contributed by atoms with van der Waals surface area (Å²) in [5.41, 5.74) is 1.66. The number of ether oxygens (including phenoxy) is 1. The summed E-state index contributed by atoms with van der Waals surface area (Å²) in [6.07, 6.45) is 7.80. The molecule has 1 aliphatic carbocycles. The number of hydrogen-bond acceptors (Lipinski definition) is 6. The van der Waals surface area contributed by atoms with Crippen molar-refractivity contribution in [1.29, 1.82) is 0 Å². The van der Waals surface area contributed by atoms with E-state index in [0.717, 1.165) is 26.2 Å². The van der Waals surface area contributed by atoms with Crippen molar-refractivity contribution in [2.24, 2.45) is 0 Å². The van der Waals surface area contributed by atoms with Crippen LogP contribution in [-0.4, -0.2) is 61.3 Å². The van der Waals surface area contributed by atoms with Gasteiger partial charge in [-0.1, -0.05) is 0 Å². The number of piperazine rings is 1. The number of aromatic nitrogens is 4. The second-order valence-electron chi connectivity index (χ2n) is 10.4. The average molecular weight is 574 g/mol. The summed E-state index contributed by atoms with van der Waals surface area (Å²) >= 11 is 2.31. The zero-order valence-electron chi connectivity index (χ0n) is 20.3. The van der Waals surface area contributed by atoms with Crippen LogP contribution >= 0.6 is 22.6 Å². The van der Waals surface area contributed by atoms with E-state index in [1.807, 2.05) is 37.9 Å². The lowest BCUT2D eigenvalue weighted by atomic mass is 10.1. The maximum absolute atomic E-state index is 12.8. The predicted molar refractivity (Wildman–Crippen MR) is 141 cm³/mol. The van der Waals surface area contributed by atoms with E-state index in [2.05, 4.69) is 63.2 Å². The van der Waals surface area contributed by atoms with E-state index in [1.165, 1.54) is 18.4 Å². The molecule has 4 heterocycles. The van der Waals surface area contributed by atoms with Crippen LogP contribution in [0, 0.1) is 3.57 Å². The van der Waals surface area contributed by atoms with Crippen LogP contribution in [0.2, 0.25) is 0 Å². The Kier molecular flexibility index (Phi) is 5.94. The predicted octanol–water partition coefficient (Wildman–Crippen LogP) is 5.13. The molecule has 9 heteroatoms. The molecule has 0 aromatic carbocycles. The summed E-state index contributed by atoms with van der Waals surface area (Å²) in [6, 6.07) is 4.15. The molecular formula is C25H31IN6O2. The Hall–Kier alpha value is -2.43. The maximum Gasteiger partial charge on any atom is 0.410 e. The first-order valence-electron chi connectivity index (χ1n) is 11.9. The quantitative estimate of drug-likeness (QED) is 0.404. The Morgan fingerprint density at radius 3 is 2.56 bits per heavy atom. The lowest BCUT2D eigenvalue weighted by molar-refractivity contribution is 0.0130. The number of carbonyl (C=O) groups is 1. The highest BCUT2D eigenvalue weighted by Gasteiger charge is 2.37. The van der Waals surface area contributed by atoms with Gasteiger partial charge in [-0.3, -0.25) is 4.57 Å². The van der Waals surface area contributed by atoms with Gasteiger partial charge in [-0.05, 0) is 93.7 Å². The van der Waals surface area contributed by atoms with Crippen molar-refractivity contribution in [3.05, 3.63) is 40.0 Å². The van der Waals surface area contributed by atoms with E-state index in [9.17, 15) is 4.79 Å². The Balaban J connectivity index is 1.53. The van der Waals surface area contributed by atoms with E-state index in [-0.39, 0.29) is 18.2 Å². The zero-order chi connectivity index (χ0) is 24.2. The lowest BCUT2D eigenvalue weighted by Crippen LogP contribution is -2.59. The van der Waals surface area contributed by atoms with Crippen molar-refractivity contribution in [3.63, 3.8) is 0 Å². The Bertz CT molecular complexity index is 1230. The Morgan fingerprint density at radius 1 is 1.12 bits per heavy atom. The fraction of sp³-hybridized carbons (Fsp3) is 0.520. The van der Waals surface area contributed by atoms with E-state index in [4.69, 9.17) is 14.7 Å². The maximum atomic E-state index is 12.8. The zero-order valence-corrected chi connectivity index (χ0v) is 22.5. The normalized spacial score (nSPS) is 21.2.